The monoisotopic (exact) mass is 337 g/mol. The van der Waals surface area contributed by atoms with E-state index >= 15 is 0 Å². The summed E-state index contributed by atoms with van der Waals surface area (Å²) in [6.45, 7) is -1.30. The number of hydrogen-bond acceptors (Lipinski definition) is 9. The second kappa shape index (κ2) is 7.92. The third-order valence-corrected chi connectivity index (χ3v) is 3.99. The van der Waals surface area contributed by atoms with Gasteiger partial charge in [0.2, 0.25) is 0 Å². The van der Waals surface area contributed by atoms with Crippen molar-refractivity contribution in [2.75, 3.05) is 33.6 Å². The summed E-state index contributed by atoms with van der Waals surface area (Å²) in [5.41, 5.74) is 0. The Kier molecular flexibility index (Phi) is 7.19. The van der Waals surface area contributed by atoms with E-state index in [9.17, 15) is 24.0 Å². The number of rotatable bonds is 4. The van der Waals surface area contributed by atoms with Crippen molar-refractivity contribution in [3.05, 3.63) is 0 Å². The molecule has 4 atom stereocenters. The SMILES string of the molecule is CNCOCC1OP(=O)(O)OCCOP(=O)(O)OC1O. The van der Waals surface area contributed by atoms with Crippen molar-refractivity contribution in [3.63, 3.8) is 0 Å². The Morgan fingerprint density at radius 2 is 1.75 bits per heavy atom. The van der Waals surface area contributed by atoms with Crippen LogP contribution < -0.4 is 5.32 Å². The summed E-state index contributed by atoms with van der Waals surface area (Å²) in [6.07, 6.45) is -3.55. The van der Waals surface area contributed by atoms with Gasteiger partial charge >= 0.3 is 15.6 Å². The number of nitrogens with one attached hydrogen (secondary N) is 1. The Morgan fingerprint density at radius 1 is 1.20 bits per heavy atom. The van der Waals surface area contributed by atoms with Gasteiger partial charge in [0.25, 0.3) is 0 Å². The molecule has 1 fully saturated rings. The summed E-state index contributed by atoms with van der Waals surface area (Å²) in [4.78, 5) is 18.6. The number of ether oxygens (including phenoxy) is 1. The molecule has 0 bridgehead atoms. The van der Waals surface area contributed by atoms with E-state index in [4.69, 9.17) is 4.74 Å². The average molecular weight is 337 g/mol. The molecule has 13 heteroatoms. The van der Waals surface area contributed by atoms with Crippen LogP contribution in [0.4, 0.5) is 0 Å². The van der Waals surface area contributed by atoms with Crippen LogP contribution in [0.2, 0.25) is 0 Å². The van der Waals surface area contributed by atoms with Crippen LogP contribution in [0.25, 0.3) is 0 Å². The maximum Gasteiger partial charge on any atom is 0.474 e. The molecule has 0 spiro atoms. The highest BCUT2D eigenvalue weighted by Gasteiger charge is 2.38. The van der Waals surface area contributed by atoms with E-state index in [2.05, 4.69) is 23.4 Å². The largest absolute Gasteiger partial charge is 0.474 e. The summed E-state index contributed by atoms with van der Waals surface area (Å²) in [5.74, 6) is 0. The molecular weight excluding hydrogens is 320 g/mol. The molecule has 1 rings (SSSR count). The van der Waals surface area contributed by atoms with Crippen LogP contribution >= 0.6 is 15.6 Å². The van der Waals surface area contributed by atoms with Gasteiger partial charge in [0, 0.05) is 0 Å². The molecule has 0 amide bonds. The highest BCUT2D eigenvalue weighted by atomic mass is 31.2. The molecule has 4 N–H and O–H groups in total. The molecule has 1 heterocycles. The molecule has 0 aliphatic carbocycles. The van der Waals surface area contributed by atoms with Crippen LogP contribution in [0, 0.1) is 0 Å². The first-order chi connectivity index (χ1) is 9.26. The molecule has 0 aromatic carbocycles. The minimum atomic E-state index is -4.53. The van der Waals surface area contributed by atoms with Gasteiger partial charge < -0.3 is 19.6 Å². The van der Waals surface area contributed by atoms with Gasteiger partial charge in [-0.05, 0) is 7.05 Å². The third kappa shape index (κ3) is 6.70. The van der Waals surface area contributed by atoms with E-state index in [-0.39, 0.29) is 6.73 Å². The number of hydrogen-bond donors (Lipinski definition) is 4. The molecule has 1 saturated heterocycles. The van der Waals surface area contributed by atoms with Crippen LogP contribution in [0.1, 0.15) is 0 Å². The Bertz CT molecular complexity index is 392. The standard InChI is InChI=1S/C7H17NO10P2/c1-8-5-14-4-6-7(9)18-20(12,13)16-3-2-15-19(10,11)17-6/h6-9H,2-5H2,1H3,(H,10,11)(H,12,13). The lowest BCUT2D eigenvalue weighted by Crippen LogP contribution is -2.36. The molecule has 0 aromatic rings. The fourth-order valence-electron chi connectivity index (χ4n) is 1.18. The van der Waals surface area contributed by atoms with Crippen molar-refractivity contribution < 1.29 is 46.9 Å². The predicted octanol–water partition coefficient (Wildman–Crippen LogP) is -0.852. The summed E-state index contributed by atoms with van der Waals surface area (Å²) >= 11 is 0. The summed E-state index contributed by atoms with van der Waals surface area (Å²) < 4.78 is 45.7. The maximum atomic E-state index is 11.5. The smallest absolute Gasteiger partial charge is 0.365 e. The molecule has 1 aliphatic heterocycles. The zero-order chi connectivity index (χ0) is 15.2. The summed E-state index contributed by atoms with van der Waals surface area (Å²) in [5, 5.41) is 12.2. The third-order valence-electron chi connectivity index (χ3n) is 1.95. The molecule has 120 valence electrons. The van der Waals surface area contributed by atoms with Gasteiger partial charge in [-0.2, -0.15) is 0 Å². The Hall–Kier alpha value is 0.1000. The minimum absolute atomic E-state index is 0.0520. The van der Waals surface area contributed by atoms with E-state index in [1.165, 1.54) is 0 Å². The van der Waals surface area contributed by atoms with Crippen LogP contribution in [0.3, 0.4) is 0 Å². The van der Waals surface area contributed by atoms with Crippen LogP contribution in [0.5, 0.6) is 0 Å². The van der Waals surface area contributed by atoms with Crippen molar-refractivity contribution in [3.8, 4) is 0 Å². The van der Waals surface area contributed by atoms with E-state index < -0.39 is 47.9 Å². The lowest BCUT2D eigenvalue weighted by molar-refractivity contribution is -0.139. The first kappa shape index (κ1) is 18.1. The fourth-order valence-corrected chi connectivity index (χ4v) is 2.83. The van der Waals surface area contributed by atoms with Crippen molar-refractivity contribution >= 4 is 15.6 Å². The maximum absolute atomic E-state index is 11.5. The van der Waals surface area contributed by atoms with Gasteiger partial charge in [-0.3, -0.25) is 23.4 Å². The lowest BCUT2D eigenvalue weighted by atomic mass is 10.4. The molecule has 11 nitrogen and oxygen atoms in total. The zero-order valence-electron chi connectivity index (χ0n) is 10.6. The van der Waals surface area contributed by atoms with E-state index in [1.807, 2.05) is 0 Å². The minimum Gasteiger partial charge on any atom is -0.365 e. The first-order valence-corrected chi connectivity index (χ1v) is 8.47. The predicted molar refractivity (Wildman–Crippen MR) is 63.4 cm³/mol. The van der Waals surface area contributed by atoms with E-state index in [1.54, 1.807) is 7.05 Å². The molecule has 0 saturated carbocycles. The van der Waals surface area contributed by atoms with Gasteiger partial charge in [0.05, 0.1) is 26.6 Å². The van der Waals surface area contributed by atoms with Crippen LogP contribution in [0.15, 0.2) is 0 Å². The molecule has 0 aromatic heterocycles. The van der Waals surface area contributed by atoms with Crippen molar-refractivity contribution in [1.82, 2.24) is 5.32 Å². The van der Waals surface area contributed by atoms with Gasteiger partial charge in [-0.25, -0.2) is 9.13 Å². The lowest BCUT2D eigenvalue weighted by Gasteiger charge is -2.27. The molecule has 1 aliphatic rings. The number of phosphoric ester groups is 2. The van der Waals surface area contributed by atoms with Gasteiger partial charge in [-0.15, -0.1) is 0 Å². The average Bonchev–Trinajstić information content (AvgIpc) is 2.32. The van der Waals surface area contributed by atoms with Crippen LogP contribution in [-0.4, -0.2) is 60.9 Å². The Balaban J connectivity index is 2.77. The normalized spacial score (nSPS) is 40.4. The van der Waals surface area contributed by atoms with Crippen molar-refractivity contribution in [2.45, 2.75) is 12.4 Å². The van der Waals surface area contributed by atoms with Gasteiger partial charge in [0.1, 0.15) is 6.10 Å². The molecule has 4 unspecified atom stereocenters. The summed E-state index contributed by atoms with van der Waals surface area (Å²) in [7, 11) is -7.43. The molecule has 0 radical (unpaired) electrons. The Labute approximate surface area is 115 Å². The number of aliphatic hydroxyl groups is 1. The van der Waals surface area contributed by atoms with Gasteiger partial charge in [-0.1, -0.05) is 0 Å². The zero-order valence-corrected chi connectivity index (χ0v) is 12.4. The van der Waals surface area contributed by atoms with Gasteiger partial charge in [0.15, 0.2) is 6.29 Å². The quantitative estimate of drug-likeness (QED) is 0.288. The molecule has 20 heavy (non-hydrogen) atoms. The topological polar surface area (TPSA) is 153 Å². The van der Waals surface area contributed by atoms with Crippen LogP contribution in [-0.2, 0) is 32.0 Å². The highest BCUT2D eigenvalue weighted by Crippen LogP contribution is 2.50. The number of aliphatic hydroxyl groups excluding tert-OH is 1. The second-order valence-corrected chi connectivity index (χ2v) is 6.42. The van der Waals surface area contributed by atoms with E-state index in [0.29, 0.717) is 0 Å². The second-order valence-electron chi connectivity index (χ2n) is 3.61. The molecular formula is C7H17NO10P2. The number of phosphoric acid groups is 2. The fraction of sp³-hybridized carbons (Fsp3) is 1.00. The summed E-state index contributed by atoms with van der Waals surface area (Å²) in [6, 6.07) is 0. The van der Waals surface area contributed by atoms with Crippen molar-refractivity contribution in [1.29, 1.82) is 0 Å². The first-order valence-electron chi connectivity index (χ1n) is 5.47. The van der Waals surface area contributed by atoms with Crippen molar-refractivity contribution in [2.24, 2.45) is 0 Å². The Morgan fingerprint density at radius 3 is 2.30 bits per heavy atom. The van der Waals surface area contributed by atoms with E-state index in [0.717, 1.165) is 0 Å². The highest BCUT2D eigenvalue weighted by molar-refractivity contribution is 7.47.